The van der Waals surface area contributed by atoms with Crippen molar-refractivity contribution in [1.82, 2.24) is 4.90 Å². The Bertz CT molecular complexity index is 907. The van der Waals surface area contributed by atoms with E-state index in [0.29, 0.717) is 11.3 Å². The maximum absolute atomic E-state index is 12.2. The molecule has 1 heterocycles. The number of hydrogen-bond donors (Lipinski definition) is 1. The Balaban J connectivity index is 1.58. The van der Waals surface area contributed by atoms with E-state index in [2.05, 4.69) is 22.0 Å². The lowest BCUT2D eigenvalue weighted by Crippen LogP contribution is -2.46. The summed E-state index contributed by atoms with van der Waals surface area (Å²) in [6.07, 6.45) is 2.85. The highest BCUT2D eigenvalue weighted by Crippen LogP contribution is 2.25. The second kappa shape index (κ2) is 9.54. The van der Waals surface area contributed by atoms with Crippen molar-refractivity contribution in [3.8, 4) is 0 Å². The Morgan fingerprint density at radius 3 is 2.48 bits per heavy atom. The van der Waals surface area contributed by atoms with Gasteiger partial charge in [0.2, 0.25) is 5.91 Å². The zero-order valence-electron chi connectivity index (χ0n) is 16.2. The van der Waals surface area contributed by atoms with Gasteiger partial charge in [0.05, 0.1) is 4.92 Å². The minimum absolute atomic E-state index is 0.0628. The van der Waals surface area contributed by atoms with Crippen molar-refractivity contribution in [2.24, 2.45) is 0 Å². The van der Waals surface area contributed by atoms with Gasteiger partial charge in [0.1, 0.15) is 5.02 Å². The van der Waals surface area contributed by atoms with Crippen LogP contribution in [0.25, 0.3) is 6.08 Å². The van der Waals surface area contributed by atoms with Gasteiger partial charge in [-0.1, -0.05) is 24.6 Å². The minimum atomic E-state index is -0.552. The van der Waals surface area contributed by atoms with Crippen LogP contribution >= 0.6 is 11.6 Å². The standard InChI is InChI=1S/C21H23ClN4O3/c1-2-24-11-13-25(14-12-24)18-7-5-17(6-8-18)23-21(27)10-4-16-3-9-19(22)20(15-16)26(28)29/h3-10,15H,2,11-14H2,1H3,(H,23,27)/b10-4+. The van der Waals surface area contributed by atoms with E-state index in [9.17, 15) is 14.9 Å². The molecular weight excluding hydrogens is 392 g/mol. The molecule has 2 aromatic carbocycles. The van der Waals surface area contributed by atoms with Gasteiger partial charge in [-0.3, -0.25) is 14.9 Å². The molecule has 0 aromatic heterocycles. The van der Waals surface area contributed by atoms with E-state index >= 15 is 0 Å². The maximum Gasteiger partial charge on any atom is 0.288 e. The largest absolute Gasteiger partial charge is 0.369 e. The van der Waals surface area contributed by atoms with E-state index < -0.39 is 4.92 Å². The van der Waals surface area contributed by atoms with Crippen molar-refractivity contribution in [2.45, 2.75) is 6.92 Å². The Labute approximate surface area is 174 Å². The third-order valence-electron chi connectivity index (χ3n) is 4.91. The smallest absolute Gasteiger partial charge is 0.288 e. The number of nitrogens with one attached hydrogen (secondary N) is 1. The molecule has 1 aliphatic heterocycles. The predicted molar refractivity (Wildman–Crippen MR) is 117 cm³/mol. The van der Waals surface area contributed by atoms with E-state index in [-0.39, 0.29) is 16.6 Å². The van der Waals surface area contributed by atoms with Gasteiger partial charge in [0.15, 0.2) is 0 Å². The summed E-state index contributed by atoms with van der Waals surface area (Å²) in [5.41, 5.74) is 2.17. The maximum atomic E-state index is 12.2. The zero-order chi connectivity index (χ0) is 20.8. The van der Waals surface area contributed by atoms with E-state index in [1.165, 1.54) is 24.3 Å². The van der Waals surface area contributed by atoms with Crippen LogP contribution in [0.1, 0.15) is 12.5 Å². The molecule has 1 fully saturated rings. The summed E-state index contributed by atoms with van der Waals surface area (Å²) < 4.78 is 0. The molecule has 0 bridgehead atoms. The monoisotopic (exact) mass is 414 g/mol. The summed E-state index contributed by atoms with van der Waals surface area (Å²) in [7, 11) is 0. The second-order valence-electron chi connectivity index (χ2n) is 6.76. The fourth-order valence-corrected chi connectivity index (χ4v) is 3.39. The summed E-state index contributed by atoms with van der Waals surface area (Å²) in [5.74, 6) is -0.313. The van der Waals surface area contributed by atoms with Crippen molar-refractivity contribution < 1.29 is 9.72 Å². The van der Waals surface area contributed by atoms with Crippen LogP contribution in [0.15, 0.2) is 48.5 Å². The first-order valence-electron chi connectivity index (χ1n) is 9.46. The molecule has 0 spiro atoms. The molecule has 0 unspecified atom stereocenters. The Morgan fingerprint density at radius 1 is 1.17 bits per heavy atom. The molecule has 0 atom stereocenters. The third-order valence-corrected chi connectivity index (χ3v) is 5.23. The highest BCUT2D eigenvalue weighted by Gasteiger charge is 2.15. The first-order valence-corrected chi connectivity index (χ1v) is 9.84. The van der Waals surface area contributed by atoms with Crippen LogP contribution in [-0.2, 0) is 4.79 Å². The predicted octanol–water partition coefficient (Wildman–Crippen LogP) is 4.04. The van der Waals surface area contributed by atoms with Crippen LogP contribution in [0.4, 0.5) is 17.1 Å². The second-order valence-corrected chi connectivity index (χ2v) is 7.17. The molecule has 3 rings (SSSR count). The lowest BCUT2D eigenvalue weighted by atomic mass is 10.2. The van der Waals surface area contributed by atoms with Crippen molar-refractivity contribution in [1.29, 1.82) is 0 Å². The quantitative estimate of drug-likeness (QED) is 0.438. The average Bonchev–Trinajstić information content (AvgIpc) is 2.73. The number of carbonyl (C=O) groups excluding carboxylic acids is 1. The first kappa shape index (κ1) is 20.8. The van der Waals surface area contributed by atoms with E-state index in [1.54, 1.807) is 6.07 Å². The third kappa shape index (κ3) is 5.56. The summed E-state index contributed by atoms with van der Waals surface area (Å²) >= 11 is 5.79. The highest BCUT2D eigenvalue weighted by molar-refractivity contribution is 6.32. The Hall–Kier alpha value is -2.90. The molecule has 1 N–H and O–H groups in total. The molecule has 7 nitrogen and oxygen atoms in total. The molecule has 1 aliphatic rings. The van der Waals surface area contributed by atoms with Crippen molar-refractivity contribution in [2.75, 3.05) is 42.9 Å². The lowest BCUT2D eigenvalue weighted by Gasteiger charge is -2.35. The number of nitro groups is 1. The number of rotatable bonds is 6. The van der Waals surface area contributed by atoms with Crippen LogP contribution in [0, 0.1) is 10.1 Å². The van der Waals surface area contributed by atoms with Crippen molar-refractivity contribution in [3.05, 3.63) is 69.2 Å². The molecule has 0 aliphatic carbocycles. The Kier molecular flexibility index (Phi) is 6.85. The summed E-state index contributed by atoms with van der Waals surface area (Å²) in [6, 6.07) is 12.1. The Morgan fingerprint density at radius 2 is 1.86 bits per heavy atom. The van der Waals surface area contributed by atoms with Gasteiger partial charge in [-0.15, -0.1) is 0 Å². The van der Waals surface area contributed by atoms with Gasteiger partial charge in [0, 0.05) is 49.7 Å². The van der Waals surface area contributed by atoms with Gasteiger partial charge in [0.25, 0.3) is 5.69 Å². The molecule has 0 saturated carbocycles. The van der Waals surface area contributed by atoms with E-state index in [4.69, 9.17) is 11.6 Å². The van der Waals surface area contributed by atoms with Gasteiger partial charge in [-0.25, -0.2) is 0 Å². The van der Waals surface area contributed by atoms with E-state index in [1.807, 2.05) is 24.3 Å². The molecule has 1 amide bonds. The number of nitrogens with zero attached hydrogens (tertiary/aromatic N) is 3. The first-order chi connectivity index (χ1) is 14.0. The van der Waals surface area contributed by atoms with Crippen LogP contribution < -0.4 is 10.2 Å². The van der Waals surface area contributed by atoms with Gasteiger partial charge >= 0.3 is 0 Å². The van der Waals surface area contributed by atoms with Crippen molar-refractivity contribution in [3.63, 3.8) is 0 Å². The number of hydrogen-bond acceptors (Lipinski definition) is 5. The van der Waals surface area contributed by atoms with Crippen molar-refractivity contribution >= 4 is 40.6 Å². The topological polar surface area (TPSA) is 78.7 Å². The number of anilines is 2. The number of amides is 1. The van der Waals surface area contributed by atoms with E-state index in [0.717, 1.165) is 38.4 Å². The fraction of sp³-hybridized carbons (Fsp3) is 0.286. The fourth-order valence-electron chi connectivity index (χ4n) is 3.21. The molecule has 8 heteroatoms. The summed E-state index contributed by atoms with van der Waals surface area (Å²) in [4.78, 5) is 27.3. The molecule has 29 heavy (non-hydrogen) atoms. The molecular formula is C21H23ClN4O3. The average molecular weight is 415 g/mol. The number of piperazine rings is 1. The number of nitro benzene ring substituents is 1. The SMILES string of the molecule is CCN1CCN(c2ccc(NC(=O)/C=C/c3ccc(Cl)c([N+](=O)[O-])c3)cc2)CC1. The van der Waals surface area contributed by atoms with Crippen LogP contribution in [0.5, 0.6) is 0 Å². The zero-order valence-corrected chi connectivity index (χ0v) is 16.9. The molecule has 1 saturated heterocycles. The minimum Gasteiger partial charge on any atom is -0.369 e. The number of benzene rings is 2. The number of carbonyl (C=O) groups is 1. The molecule has 152 valence electrons. The summed E-state index contributed by atoms with van der Waals surface area (Å²) in [5, 5.41) is 13.8. The number of likely N-dealkylation sites (N-methyl/N-ethyl adjacent to an activating group) is 1. The highest BCUT2D eigenvalue weighted by atomic mass is 35.5. The normalized spacial score (nSPS) is 14.9. The summed E-state index contributed by atoms with van der Waals surface area (Å²) in [6.45, 7) is 7.36. The molecule has 0 radical (unpaired) electrons. The van der Waals surface area contributed by atoms with Crippen LogP contribution in [0.2, 0.25) is 5.02 Å². The number of halogens is 1. The van der Waals surface area contributed by atoms with Gasteiger partial charge < -0.3 is 15.1 Å². The van der Waals surface area contributed by atoms with Gasteiger partial charge in [-0.05, 0) is 48.5 Å². The van der Waals surface area contributed by atoms with Crippen LogP contribution in [-0.4, -0.2) is 48.5 Å². The lowest BCUT2D eigenvalue weighted by molar-refractivity contribution is -0.384. The van der Waals surface area contributed by atoms with Crippen LogP contribution in [0.3, 0.4) is 0 Å². The van der Waals surface area contributed by atoms with Gasteiger partial charge in [-0.2, -0.15) is 0 Å². The molecule has 2 aromatic rings.